The molecule has 2 aliphatic heterocycles. The summed E-state index contributed by atoms with van der Waals surface area (Å²) in [6, 6.07) is 8.48. The van der Waals surface area contributed by atoms with Crippen LogP contribution in [0.5, 0.6) is 0 Å². The quantitative estimate of drug-likeness (QED) is 0.350. The Morgan fingerprint density at radius 1 is 1.10 bits per heavy atom. The molecule has 2 amide bonds. The number of nitrogens with zero attached hydrogens (tertiary/aromatic N) is 5. The van der Waals surface area contributed by atoms with Crippen LogP contribution in [-0.2, 0) is 20.8 Å². The highest BCUT2D eigenvalue weighted by atomic mass is 35.5. The fourth-order valence-corrected chi connectivity index (χ4v) is 7.37. The number of aliphatic hydroxyl groups is 1. The lowest BCUT2D eigenvalue weighted by Crippen LogP contribution is -2.53. The van der Waals surface area contributed by atoms with Crippen LogP contribution in [0.4, 0.5) is 18.0 Å². The van der Waals surface area contributed by atoms with Crippen molar-refractivity contribution in [2.45, 2.75) is 96.4 Å². The second-order valence-corrected chi connectivity index (χ2v) is 16.1. The minimum atomic E-state index is -4.42. The number of rotatable bonds is 5. The number of ether oxygens (including phenoxy) is 2. The summed E-state index contributed by atoms with van der Waals surface area (Å²) in [5.41, 5.74) is -2.70. The summed E-state index contributed by atoms with van der Waals surface area (Å²) in [5, 5.41) is 11.8. The van der Waals surface area contributed by atoms with Crippen molar-refractivity contribution in [2.75, 3.05) is 26.2 Å². The number of amides is 2. The van der Waals surface area contributed by atoms with E-state index in [0.717, 1.165) is 5.56 Å². The predicted molar refractivity (Wildman–Crippen MR) is 179 cm³/mol. The third kappa shape index (κ3) is 6.98. The van der Waals surface area contributed by atoms with Crippen molar-refractivity contribution in [1.82, 2.24) is 23.9 Å². The number of halogens is 4. The largest absolute Gasteiger partial charge is 0.444 e. The van der Waals surface area contributed by atoms with Gasteiger partial charge in [0.2, 0.25) is 5.91 Å². The van der Waals surface area contributed by atoms with Crippen LogP contribution in [0.2, 0.25) is 5.15 Å². The fraction of sp³-hybridized carbons (Fsp3) is 0.600. The van der Waals surface area contributed by atoms with Crippen LogP contribution in [0, 0.1) is 11.3 Å². The van der Waals surface area contributed by atoms with Crippen molar-refractivity contribution < 1.29 is 37.3 Å². The molecule has 2 aromatic heterocycles. The highest BCUT2D eigenvalue weighted by Crippen LogP contribution is 2.61. The number of alkyl halides is 3. The van der Waals surface area contributed by atoms with Crippen molar-refractivity contribution in [2.24, 2.45) is 11.3 Å². The zero-order chi connectivity index (χ0) is 36.6. The standard InChI is InChI=1S/C35H43ClF3N5O6/c1-31(2,3)50-30(47)43-18-32(4,5)49-17-24(43)21-7-9-22(10-8-21)44-26(36)15-23-27(44)40-20-42(28(23)45)19-34(48)11-13-41(14-12-34)29(46)33(6)16-25(33)35(37,38)39/h7-10,15,20,24-25,48H,11-14,16-19H2,1-6H3/t24-,25-,33-/m0/s1. The van der Waals surface area contributed by atoms with E-state index in [1.807, 2.05) is 58.9 Å². The average Bonchev–Trinajstić information content (AvgIpc) is 3.62. The van der Waals surface area contributed by atoms with E-state index in [0.29, 0.717) is 17.9 Å². The van der Waals surface area contributed by atoms with Gasteiger partial charge in [-0.1, -0.05) is 30.7 Å². The Hall–Kier alpha value is -3.62. The smallest absolute Gasteiger partial charge is 0.410 e. The lowest BCUT2D eigenvalue weighted by Gasteiger charge is -2.44. The molecule has 3 aromatic rings. The van der Waals surface area contributed by atoms with Crippen LogP contribution in [0.15, 0.2) is 41.5 Å². The summed E-state index contributed by atoms with van der Waals surface area (Å²) in [6.07, 6.45) is -3.56. The molecule has 3 atom stereocenters. The number of carbonyl (C=O) groups excluding carboxylic acids is 2. The number of carbonyl (C=O) groups is 2. The number of benzene rings is 1. The SMILES string of the molecule is CC(C)(C)OC(=O)N1CC(C)(C)OC[C@H]1c1ccc(-n2c(Cl)cc3c(=O)n(CC4(O)CCN(C(=O)[C@@]5(C)C[C@@H]5C(F)(F)F)CC4)cnc32)cc1. The number of hydrogen-bond acceptors (Lipinski definition) is 7. The van der Waals surface area contributed by atoms with Gasteiger partial charge < -0.3 is 19.5 Å². The summed E-state index contributed by atoms with van der Waals surface area (Å²) < 4.78 is 54.3. The van der Waals surface area contributed by atoms with Crippen LogP contribution in [0.3, 0.4) is 0 Å². The van der Waals surface area contributed by atoms with Gasteiger partial charge in [-0.25, -0.2) is 9.78 Å². The maximum absolute atomic E-state index is 13.6. The lowest BCUT2D eigenvalue weighted by atomic mass is 9.90. The van der Waals surface area contributed by atoms with Gasteiger partial charge in [0, 0.05) is 18.8 Å². The number of morpholine rings is 1. The normalized spacial score (nSPS) is 25.1. The molecule has 1 aliphatic carbocycles. The Kier molecular flexibility index (Phi) is 8.87. The second kappa shape index (κ2) is 12.3. The highest BCUT2D eigenvalue weighted by Gasteiger charge is 2.68. The van der Waals surface area contributed by atoms with Crippen molar-refractivity contribution in [3.8, 4) is 5.69 Å². The van der Waals surface area contributed by atoms with Gasteiger partial charge in [0.25, 0.3) is 5.56 Å². The highest BCUT2D eigenvalue weighted by molar-refractivity contribution is 6.31. The lowest BCUT2D eigenvalue weighted by molar-refractivity contribution is -0.165. The van der Waals surface area contributed by atoms with Crippen molar-refractivity contribution in [3.63, 3.8) is 0 Å². The van der Waals surface area contributed by atoms with Gasteiger partial charge in [-0.3, -0.25) is 23.6 Å². The first-order chi connectivity index (χ1) is 23.1. The van der Waals surface area contributed by atoms with Gasteiger partial charge in [-0.05, 0) is 77.6 Å². The maximum atomic E-state index is 13.6. The van der Waals surface area contributed by atoms with E-state index in [1.165, 1.54) is 28.8 Å². The van der Waals surface area contributed by atoms with Gasteiger partial charge in [0.05, 0.1) is 53.7 Å². The average molecular weight is 722 g/mol. The van der Waals surface area contributed by atoms with Gasteiger partial charge in [0.1, 0.15) is 17.1 Å². The Bertz CT molecular complexity index is 1860. The number of aromatic nitrogens is 3. The molecule has 3 aliphatic rings. The van der Waals surface area contributed by atoms with Gasteiger partial charge in [-0.2, -0.15) is 13.2 Å². The molecule has 0 unspecified atom stereocenters. The number of hydrogen-bond donors (Lipinski definition) is 1. The summed E-state index contributed by atoms with van der Waals surface area (Å²) >= 11 is 6.65. The molecular weight excluding hydrogens is 679 g/mol. The zero-order valence-corrected chi connectivity index (χ0v) is 29.8. The molecule has 272 valence electrons. The molecule has 2 saturated heterocycles. The minimum absolute atomic E-state index is 0.0817. The third-order valence-corrected chi connectivity index (χ3v) is 10.3. The van der Waals surface area contributed by atoms with Crippen LogP contribution in [0.1, 0.15) is 72.4 Å². The summed E-state index contributed by atoms with van der Waals surface area (Å²) in [7, 11) is 0. The third-order valence-electron chi connectivity index (χ3n) is 10.0. The molecule has 1 N–H and O–H groups in total. The topological polar surface area (TPSA) is 119 Å². The molecule has 15 heteroatoms. The van der Waals surface area contributed by atoms with Crippen LogP contribution >= 0.6 is 11.6 Å². The van der Waals surface area contributed by atoms with E-state index < -0.39 is 57.9 Å². The minimum Gasteiger partial charge on any atom is -0.444 e. The maximum Gasteiger partial charge on any atom is 0.410 e. The number of fused-ring (bicyclic) bond motifs is 1. The summed E-state index contributed by atoms with van der Waals surface area (Å²) in [5.74, 6) is -2.20. The van der Waals surface area contributed by atoms with E-state index in [4.69, 9.17) is 21.1 Å². The molecule has 0 bridgehead atoms. The Morgan fingerprint density at radius 3 is 2.32 bits per heavy atom. The molecule has 6 rings (SSSR count). The van der Waals surface area contributed by atoms with Crippen molar-refractivity contribution in [1.29, 1.82) is 0 Å². The zero-order valence-electron chi connectivity index (χ0n) is 29.0. The molecule has 3 fully saturated rings. The first-order valence-electron chi connectivity index (χ1n) is 16.7. The number of likely N-dealkylation sites (tertiary alicyclic amines) is 1. The monoisotopic (exact) mass is 721 g/mol. The molecule has 11 nitrogen and oxygen atoms in total. The summed E-state index contributed by atoms with van der Waals surface area (Å²) in [4.78, 5) is 47.3. The molecule has 4 heterocycles. The molecule has 0 spiro atoms. The molecule has 1 saturated carbocycles. The Labute approximate surface area is 292 Å². The van der Waals surface area contributed by atoms with Crippen LogP contribution in [-0.4, -0.2) is 90.2 Å². The van der Waals surface area contributed by atoms with Crippen molar-refractivity contribution >= 4 is 34.6 Å². The molecular formula is C35H43ClF3N5O6. The van der Waals surface area contributed by atoms with E-state index in [-0.39, 0.29) is 56.0 Å². The van der Waals surface area contributed by atoms with Gasteiger partial charge >= 0.3 is 12.3 Å². The predicted octanol–water partition coefficient (Wildman–Crippen LogP) is 5.87. The van der Waals surface area contributed by atoms with Crippen LogP contribution < -0.4 is 5.56 Å². The first kappa shape index (κ1) is 36.2. The van der Waals surface area contributed by atoms with E-state index in [9.17, 15) is 32.7 Å². The molecule has 50 heavy (non-hydrogen) atoms. The van der Waals surface area contributed by atoms with Gasteiger partial charge in [-0.15, -0.1) is 0 Å². The fourth-order valence-electron chi connectivity index (χ4n) is 7.08. The molecule has 0 radical (unpaired) electrons. The van der Waals surface area contributed by atoms with E-state index in [2.05, 4.69) is 4.98 Å². The van der Waals surface area contributed by atoms with Gasteiger partial charge in [0.15, 0.2) is 5.65 Å². The van der Waals surface area contributed by atoms with Crippen molar-refractivity contribution in [3.05, 3.63) is 57.7 Å². The Balaban J connectivity index is 1.17. The van der Waals surface area contributed by atoms with Crippen LogP contribution in [0.25, 0.3) is 16.7 Å². The number of piperidine rings is 1. The first-order valence-corrected chi connectivity index (χ1v) is 17.1. The summed E-state index contributed by atoms with van der Waals surface area (Å²) in [6.45, 7) is 11.3. The second-order valence-electron chi connectivity index (χ2n) is 15.7. The van der Waals surface area contributed by atoms with E-state index in [1.54, 1.807) is 9.47 Å². The Morgan fingerprint density at radius 2 is 1.74 bits per heavy atom. The van der Waals surface area contributed by atoms with E-state index >= 15 is 0 Å². The molecule has 1 aromatic carbocycles.